The van der Waals surface area contributed by atoms with Gasteiger partial charge < -0.3 is 9.88 Å². The van der Waals surface area contributed by atoms with Crippen molar-refractivity contribution < 1.29 is 13.2 Å². The van der Waals surface area contributed by atoms with Crippen LogP contribution < -0.4 is 5.32 Å². The Bertz CT molecular complexity index is 604. The highest BCUT2D eigenvalue weighted by atomic mass is 35.7. The van der Waals surface area contributed by atoms with E-state index in [0.717, 1.165) is 19.3 Å². The molecule has 0 atom stereocenters. The number of nitrogens with zero attached hydrogens (tertiary/aromatic N) is 1. The Hall–Kier alpha value is -1.01. The molecule has 1 aromatic heterocycles. The Balaban J connectivity index is 2.12. The molecule has 0 unspecified atom stereocenters. The quantitative estimate of drug-likeness (QED) is 0.814. The number of nitrogens with one attached hydrogen (secondary N) is 1. The normalized spacial score (nSPS) is 16.3. The number of hydrogen-bond donors (Lipinski definition) is 1. The van der Waals surface area contributed by atoms with Gasteiger partial charge in [-0.15, -0.1) is 0 Å². The molecule has 0 aliphatic heterocycles. The van der Waals surface area contributed by atoms with Crippen LogP contribution in [0, 0.1) is 5.92 Å². The summed E-state index contributed by atoms with van der Waals surface area (Å²) in [5.41, 5.74) is 0.356. The van der Waals surface area contributed by atoms with Gasteiger partial charge in [-0.25, -0.2) is 8.42 Å². The fourth-order valence-electron chi connectivity index (χ4n) is 2.78. The number of carbonyl (C=O) groups is 1. The average molecular weight is 333 g/mol. The number of halogens is 1. The Morgan fingerprint density at radius 1 is 1.43 bits per heavy atom. The molecule has 118 valence electrons. The summed E-state index contributed by atoms with van der Waals surface area (Å²) in [7, 11) is 1.54. The number of carbonyl (C=O) groups excluding carboxylic acids is 1. The molecule has 7 heteroatoms. The van der Waals surface area contributed by atoms with Crippen LogP contribution in [0.15, 0.2) is 17.2 Å². The molecule has 1 N–H and O–H groups in total. The largest absolute Gasteiger partial charge is 0.350 e. The number of aromatic nitrogens is 1. The third kappa shape index (κ3) is 4.23. The Kier molecular flexibility index (Phi) is 5.32. The van der Waals surface area contributed by atoms with Crippen molar-refractivity contribution in [1.29, 1.82) is 0 Å². The first-order chi connectivity index (χ1) is 9.91. The van der Waals surface area contributed by atoms with Crippen molar-refractivity contribution >= 4 is 25.6 Å². The van der Waals surface area contributed by atoms with Crippen molar-refractivity contribution in [1.82, 2.24) is 9.88 Å². The predicted octanol–water partition coefficient (Wildman–Crippen LogP) is 2.75. The monoisotopic (exact) mass is 332 g/mol. The van der Waals surface area contributed by atoms with Crippen molar-refractivity contribution in [2.45, 2.75) is 50.5 Å². The maximum Gasteiger partial charge on any atom is 0.267 e. The van der Waals surface area contributed by atoms with E-state index in [1.165, 1.54) is 25.1 Å². The molecule has 0 spiro atoms. The second-order valence-electron chi connectivity index (χ2n) is 5.55. The molecule has 5 nitrogen and oxygen atoms in total. The van der Waals surface area contributed by atoms with Gasteiger partial charge in [0.25, 0.3) is 15.0 Å². The number of aryl methyl sites for hydroxylation is 1. The van der Waals surface area contributed by atoms with Crippen LogP contribution in [-0.2, 0) is 15.6 Å². The number of amides is 1. The van der Waals surface area contributed by atoms with E-state index < -0.39 is 9.05 Å². The van der Waals surface area contributed by atoms with E-state index in [1.54, 1.807) is 4.57 Å². The predicted molar refractivity (Wildman–Crippen MR) is 82.1 cm³/mol. The highest BCUT2D eigenvalue weighted by Crippen LogP contribution is 2.24. The number of rotatable bonds is 6. The molecular weight excluding hydrogens is 312 g/mol. The fraction of sp³-hybridized carbons (Fsp3) is 0.643. The average Bonchev–Trinajstić information content (AvgIpc) is 3.04. The summed E-state index contributed by atoms with van der Waals surface area (Å²) in [5.74, 6) is 0.307. The summed E-state index contributed by atoms with van der Waals surface area (Å²) >= 11 is 0. The molecule has 1 aliphatic rings. The SMILES string of the molecule is CCCn1cc(S(=O)(=O)Cl)cc1C(=O)NCC1CCCC1. The van der Waals surface area contributed by atoms with Crippen LogP contribution in [-0.4, -0.2) is 25.4 Å². The lowest BCUT2D eigenvalue weighted by molar-refractivity contribution is 0.0938. The van der Waals surface area contributed by atoms with E-state index in [2.05, 4.69) is 5.32 Å². The van der Waals surface area contributed by atoms with Crippen LogP contribution in [0.4, 0.5) is 0 Å². The van der Waals surface area contributed by atoms with Crippen LogP contribution in [0.5, 0.6) is 0 Å². The van der Waals surface area contributed by atoms with Gasteiger partial charge >= 0.3 is 0 Å². The summed E-state index contributed by atoms with van der Waals surface area (Å²) in [6.07, 6.45) is 6.98. The minimum atomic E-state index is -3.82. The summed E-state index contributed by atoms with van der Waals surface area (Å²) in [5, 5.41) is 2.91. The standard InChI is InChI=1S/C14H21ClN2O3S/c1-2-7-17-10-12(21(15,19)20)8-13(17)14(18)16-9-11-5-3-4-6-11/h8,10-11H,2-7,9H2,1H3,(H,16,18). The van der Waals surface area contributed by atoms with E-state index in [1.807, 2.05) is 6.92 Å². The van der Waals surface area contributed by atoms with Gasteiger partial charge in [-0.2, -0.15) is 0 Å². The first kappa shape index (κ1) is 16.4. The van der Waals surface area contributed by atoms with Crippen molar-refractivity contribution in [3.05, 3.63) is 18.0 Å². The highest BCUT2D eigenvalue weighted by molar-refractivity contribution is 8.13. The first-order valence-electron chi connectivity index (χ1n) is 7.35. The van der Waals surface area contributed by atoms with Crippen LogP contribution in [0.3, 0.4) is 0 Å². The Morgan fingerprint density at radius 3 is 2.67 bits per heavy atom. The summed E-state index contributed by atoms with van der Waals surface area (Å²) in [6, 6.07) is 1.35. The van der Waals surface area contributed by atoms with Crippen molar-refractivity contribution in [2.24, 2.45) is 5.92 Å². The van der Waals surface area contributed by atoms with Gasteiger partial charge in [0.2, 0.25) is 0 Å². The van der Waals surface area contributed by atoms with E-state index >= 15 is 0 Å². The van der Waals surface area contributed by atoms with Gasteiger partial charge in [0.1, 0.15) is 10.6 Å². The van der Waals surface area contributed by atoms with E-state index in [4.69, 9.17) is 10.7 Å². The molecule has 1 heterocycles. The lowest BCUT2D eigenvalue weighted by Gasteiger charge is -2.12. The first-order valence-corrected chi connectivity index (χ1v) is 9.65. The van der Waals surface area contributed by atoms with Crippen LogP contribution in [0.1, 0.15) is 49.5 Å². The molecule has 0 radical (unpaired) electrons. The van der Waals surface area contributed by atoms with Crippen LogP contribution in [0.25, 0.3) is 0 Å². The van der Waals surface area contributed by atoms with E-state index in [-0.39, 0.29) is 10.8 Å². The minimum absolute atomic E-state index is 0.0244. The van der Waals surface area contributed by atoms with E-state index in [9.17, 15) is 13.2 Å². The van der Waals surface area contributed by atoms with Gasteiger partial charge in [-0.05, 0) is 31.2 Å². The second-order valence-corrected chi connectivity index (χ2v) is 8.12. The second kappa shape index (κ2) is 6.83. The molecule has 1 amide bonds. The third-order valence-corrected chi connectivity index (χ3v) is 5.20. The molecule has 0 saturated heterocycles. The zero-order chi connectivity index (χ0) is 15.5. The molecule has 1 fully saturated rings. The lowest BCUT2D eigenvalue weighted by atomic mass is 10.1. The summed E-state index contributed by atoms with van der Waals surface area (Å²) < 4.78 is 24.5. The summed E-state index contributed by atoms with van der Waals surface area (Å²) in [6.45, 7) is 3.20. The molecule has 21 heavy (non-hydrogen) atoms. The van der Waals surface area contributed by atoms with Gasteiger partial charge in [0, 0.05) is 30.0 Å². The lowest BCUT2D eigenvalue weighted by Crippen LogP contribution is -2.30. The molecule has 2 rings (SSSR count). The van der Waals surface area contributed by atoms with Gasteiger partial charge in [-0.3, -0.25) is 4.79 Å². The molecule has 1 aliphatic carbocycles. The maximum absolute atomic E-state index is 12.3. The van der Waals surface area contributed by atoms with Crippen LogP contribution in [0.2, 0.25) is 0 Å². The molecular formula is C14H21ClN2O3S. The maximum atomic E-state index is 12.3. The molecule has 0 bridgehead atoms. The smallest absolute Gasteiger partial charge is 0.267 e. The Morgan fingerprint density at radius 2 is 2.10 bits per heavy atom. The minimum Gasteiger partial charge on any atom is -0.350 e. The van der Waals surface area contributed by atoms with Crippen LogP contribution >= 0.6 is 10.7 Å². The summed E-state index contributed by atoms with van der Waals surface area (Å²) in [4.78, 5) is 12.2. The van der Waals surface area contributed by atoms with Gasteiger partial charge in [0.15, 0.2) is 0 Å². The zero-order valence-electron chi connectivity index (χ0n) is 12.1. The third-order valence-electron chi connectivity index (χ3n) is 3.88. The molecule has 1 saturated carbocycles. The van der Waals surface area contributed by atoms with Gasteiger partial charge in [-0.1, -0.05) is 19.8 Å². The van der Waals surface area contributed by atoms with Gasteiger partial charge in [0.05, 0.1) is 0 Å². The highest BCUT2D eigenvalue weighted by Gasteiger charge is 2.21. The topological polar surface area (TPSA) is 68.2 Å². The number of hydrogen-bond acceptors (Lipinski definition) is 3. The van der Waals surface area contributed by atoms with Crippen molar-refractivity contribution in [2.75, 3.05) is 6.54 Å². The van der Waals surface area contributed by atoms with Crippen molar-refractivity contribution in [3.8, 4) is 0 Å². The van der Waals surface area contributed by atoms with Crippen molar-refractivity contribution in [3.63, 3.8) is 0 Å². The fourth-order valence-corrected chi connectivity index (χ4v) is 3.53. The zero-order valence-corrected chi connectivity index (χ0v) is 13.7. The molecule has 0 aromatic carbocycles. The molecule has 1 aromatic rings. The Labute approximate surface area is 130 Å². The van der Waals surface area contributed by atoms with E-state index in [0.29, 0.717) is 24.7 Å².